The van der Waals surface area contributed by atoms with Gasteiger partial charge in [0, 0.05) is 17.1 Å². The van der Waals surface area contributed by atoms with Gasteiger partial charge in [0.1, 0.15) is 11.2 Å². The van der Waals surface area contributed by atoms with Crippen LogP contribution < -0.4 is 10.2 Å². The van der Waals surface area contributed by atoms with Crippen molar-refractivity contribution in [2.45, 2.75) is 96.7 Å². The van der Waals surface area contributed by atoms with E-state index >= 15 is 0 Å². The van der Waals surface area contributed by atoms with Crippen LogP contribution in [0.2, 0.25) is 0 Å². The van der Waals surface area contributed by atoms with Crippen LogP contribution in [0.4, 0.5) is 5.69 Å². The number of benzene rings is 1. The third kappa shape index (κ3) is 4.19. The van der Waals surface area contributed by atoms with Gasteiger partial charge in [-0.1, -0.05) is 64.2 Å². The van der Waals surface area contributed by atoms with E-state index in [9.17, 15) is 9.59 Å². The third-order valence-corrected chi connectivity index (χ3v) is 6.89. The Hall–Kier alpha value is -2.63. The van der Waals surface area contributed by atoms with Gasteiger partial charge in [-0.15, -0.1) is 0 Å². The van der Waals surface area contributed by atoms with Gasteiger partial charge in [-0.3, -0.25) is 19.2 Å². The van der Waals surface area contributed by atoms with Crippen molar-refractivity contribution in [3.63, 3.8) is 0 Å². The van der Waals surface area contributed by atoms with Gasteiger partial charge in [0.25, 0.3) is 5.91 Å². The number of hydrogen-bond donors (Lipinski definition) is 1. The Morgan fingerprint density at radius 2 is 1.72 bits per heavy atom. The molecule has 1 aromatic heterocycles. The fraction of sp³-hybridized carbons (Fsp3) is 0.577. The van der Waals surface area contributed by atoms with Crippen LogP contribution in [-0.4, -0.2) is 33.2 Å². The summed E-state index contributed by atoms with van der Waals surface area (Å²) in [6.45, 7) is 10.5. The van der Waals surface area contributed by atoms with Crippen molar-refractivity contribution in [3.8, 4) is 0 Å². The Morgan fingerprint density at radius 3 is 2.31 bits per heavy atom. The van der Waals surface area contributed by atoms with Crippen molar-refractivity contribution in [2.24, 2.45) is 0 Å². The van der Waals surface area contributed by atoms with Crippen LogP contribution in [0.3, 0.4) is 0 Å². The van der Waals surface area contributed by atoms with E-state index in [1.54, 1.807) is 9.58 Å². The summed E-state index contributed by atoms with van der Waals surface area (Å²) in [6.07, 6.45) is 6.73. The number of aryl methyl sites for hydroxylation is 1. The highest BCUT2D eigenvalue weighted by Crippen LogP contribution is 2.35. The third-order valence-electron chi connectivity index (χ3n) is 6.89. The Balaban J connectivity index is 1.74. The molecule has 0 saturated heterocycles. The molecule has 1 atom stereocenters. The lowest BCUT2D eigenvalue weighted by molar-refractivity contribution is -0.127. The molecular formula is C26H36N4O2. The van der Waals surface area contributed by atoms with Crippen molar-refractivity contribution in [3.05, 3.63) is 47.3 Å². The second-order valence-electron chi connectivity index (χ2n) is 10.7. The van der Waals surface area contributed by atoms with E-state index < -0.39 is 5.54 Å². The largest absolute Gasteiger partial charge is 0.351 e. The maximum absolute atomic E-state index is 13.8. The summed E-state index contributed by atoms with van der Waals surface area (Å²) in [5, 5.41) is 8.04. The zero-order valence-corrected chi connectivity index (χ0v) is 20.1. The van der Waals surface area contributed by atoms with E-state index in [1.165, 1.54) is 12.8 Å². The number of carbonyl (C=O) groups excluding carboxylic acids is 2. The molecule has 6 nitrogen and oxygen atoms in total. The van der Waals surface area contributed by atoms with Gasteiger partial charge in [-0.2, -0.15) is 5.10 Å². The molecule has 2 aliphatic rings. The number of amides is 2. The molecule has 0 bridgehead atoms. The van der Waals surface area contributed by atoms with Crippen molar-refractivity contribution < 1.29 is 9.59 Å². The zero-order valence-electron chi connectivity index (χ0n) is 20.1. The Bertz CT molecular complexity index is 994. The monoisotopic (exact) mass is 436 g/mol. The molecule has 0 spiro atoms. The number of carbonyl (C=O) groups is 2. The summed E-state index contributed by atoms with van der Waals surface area (Å²) in [7, 11) is 0. The molecule has 1 aromatic carbocycles. The molecule has 4 rings (SSSR count). The molecule has 1 N–H and O–H groups in total. The van der Waals surface area contributed by atoms with Crippen LogP contribution in [0.1, 0.15) is 88.0 Å². The summed E-state index contributed by atoms with van der Waals surface area (Å²) in [4.78, 5) is 29.2. The van der Waals surface area contributed by atoms with Crippen LogP contribution in [0.5, 0.6) is 0 Å². The number of hydrogen-bond acceptors (Lipinski definition) is 3. The molecule has 1 saturated carbocycles. The number of rotatable bonds is 3. The lowest BCUT2D eigenvalue weighted by Gasteiger charge is -2.43. The number of fused-ring (bicyclic) bond motifs is 1. The van der Waals surface area contributed by atoms with Gasteiger partial charge in [-0.05, 0) is 44.9 Å². The lowest BCUT2D eigenvalue weighted by atomic mass is 9.91. The first-order valence-corrected chi connectivity index (χ1v) is 11.9. The van der Waals surface area contributed by atoms with Crippen molar-refractivity contribution >= 4 is 17.5 Å². The summed E-state index contributed by atoms with van der Waals surface area (Å²) < 4.78 is 1.74. The number of aromatic nitrogens is 2. The van der Waals surface area contributed by atoms with Crippen molar-refractivity contribution in [1.82, 2.24) is 15.1 Å². The van der Waals surface area contributed by atoms with Crippen LogP contribution in [0.15, 0.2) is 30.3 Å². The van der Waals surface area contributed by atoms with Crippen molar-refractivity contribution in [1.29, 1.82) is 0 Å². The van der Waals surface area contributed by atoms with Crippen LogP contribution in [-0.2, 0) is 16.8 Å². The molecule has 1 aliphatic carbocycles. The molecule has 1 fully saturated rings. The second kappa shape index (κ2) is 8.38. The summed E-state index contributed by atoms with van der Waals surface area (Å²) in [5.74, 6) is -0.279. The molecule has 1 aliphatic heterocycles. The second-order valence-corrected chi connectivity index (χ2v) is 10.7. The molecule has 172 valence electrons. The minimum atomic E-state index is -1.06. The molecule has 0 unspecified atom stereocenters. The van der Waals surface area contributed by atoms with Gasteiger partial charge in [0.15, 0.2) is 0 Å². The SMILES string of the molecule is Cc1ccc(N2C(=O)c3cc(C(C)(C)C)nn3C[C@]2(C)C(=O)NC2CCCCCC2)cc1. The summed E-state index contributed by atoms with van der Waals surface area (Å²) in [6, 6.07) is 9.88. The highest BCUT2D eigenvalue weighted by Gasteiger charge is 2.49. The smallest absolute Gasteiger partial charge is 0.277 e. The van der Waals surface area contributed by atoms with Gasteiger partial charge in [0.05, 0.1) is 12.2 Å². The molecular weight excluding hydrogens is 400 g/mol. The fourth-order valence-electron chi connectivity index (χ4n) is 4.81. The Kier molecular flexibility index (Phi) is 5.91. The predicted molar refractivity (Wildman–Crippen MR) is 127 cm³/mol. The number of nitrogens with one attached hydrogen (secondary N) is 1. The zero-order chi connectivity index (χ0) is 23.1. The van der Waals surface area contributed by atoms with E-state index in [4.69, 9.17) is 5.10 Å². The topological polar surface area (TPSA) is 67.2 Å². The highest BCUT2D eigenvalue weighted by molar-refractivity contribution is 6.11. The maximum Gasteiger partial charge on any atom is 0.277 e. The van der Waals surface area contributed by atoms with Gasteiger partial charge >= 0.3 is 0 Å². The first-order chi connectivity index (χ1) is 15.1. The maximum atomic E-state index is 13.8. The van der Waals surface area contributed by atoms with E-state index in [0.29, 0.717) is 12.2 Å². The minimum absolute atomic E-state index is 0.100. The number of anilines is 1. The fourth-order valence-corrected chi connectivity index (χ4v) is 4.81. The van der Waals surface area contributed by atoms with Crippen molar-refractivity contribution in [2.75, 3.05) is 4.90 Å². The molecule has 2 amide bonds. The molecule has 2 aromatic rings. The predicted octanol–water partition coefficient (Wildman–Crippen LogP) is 4.75. The Morgan fingerprint density at radius 1 is 1.09 bits per heavy atom. The van der Waals surface area contributed by atoms with E-state index in [2.05, 4.69) is 26.1 Å². The summed E-state index contributed by atoms with van der Waals surface area (Å²) in [5.41, 5.74) is 2.01. The van der Waals surface area contributed by atoms with Gasteiger partial charge in [-0.25, -0.2) is 0 Å². The summed E-state index contributed by atoms with van der Waals surface area (Å²) >= 11 is 0. The van der Waals surface area contributed by atoms with Crippen LogP contribution >= 0.6 is 0 Å². The minimum Gasteiger partial charge on any atom is -0.351 e. The first-order valence-electron chi connectivity index (χ1n) is 11.9. The van der Waals surface area contributed by atoms with Crippen LogP contribution in [0, 0.1) is 6.92 Å². The van der Waals surface area contributed by atoms with Gasteiger partial charge in [0.2, 0.25) is 5.91 Å². The Labute approximate surface area is 191 Å². The lowest BCUT2D eigenvalue weighted by Crippen LogP contribution is -2.65. The van der Waals surface area contributed by atoms with E-state index in [0.717, 1.165) is 42.6 Å². The first kappa shape index (κ1) is 22.6. The van der Waals surface area contributed by atoms with E-state index in [-0.39, 0.29) is 23.3 Å². The normalized spacial score (nSPS) is 22.4. The van der Waals surface area contributed by atoms with Gasteiger partial charge < -0.3 is 5.32 Å². The van der Waals surface area contributed by atoms with E-state index in [1.807, 2.05) is 44.2 Å². The molecule has 2 heterocycles. The van der Waals surface area contributed by atoms with Crippen LogP contribution in [0.25, 0.3) is 0 Å². The average Bonchev–Trinajstić information content (AvgIpc) is 3.00. The standard InChI is InChI=1S/C26H36N4O2/c1-18-12-14-20(15-13-18)30-23(31)21-16-22(25(2,3)4)28-29(21)17-26(30,5)24(32)27-19-10-8-6-7-9-11-19/h12-16,19H,6-11,17H2,1-5H3,(H,27,32)/t26-/m1/s1. The molecule has 6 heteroatoms. The average molecular weight is 437 g/mol. The highest BCUT2D eigenvalue weighted by atomic mass is 16.2. The quantitative estimate of drug-likeness (QED) is 0.706. The molecule has 32 heavy (non-hydrogen) atoms. The molecule has 0 radical (unpaired) electrons. The number of nitrogens with zero attached hydrogens (tertiary/aromatic N) is 3.